The highest BCUT2D eigenvalue weighted by Crippen LogP contribution is 2.34. The van der Waals surface area contributed by atoms with E-state index in [0.717, 1.165) is 16.7 Å². The number of unbranched alkanes of at least 4 members (excludes halogenated alkanes) is 3. The number of hydrogen-bond donors (Lipinski definition) is 12. The van der Waals surface area contributed by atoms with Crippen LogP contribution >= 0.6 is 0 Å². The SMILES string of the molecule is NCCCC[C@H](NC(=O)CN)C(=O)Nc1ccc(C(c2ccc(NC(=O)[C@H](CCCCN)NC(=O)CN)cc2)c2ccc(NC(=O)[C@H](CCCCN)NC(=O)CN)cc2)cc1. The van der Waals surface area contributed by atoms with E-state index >= 15 is 0 Å². The average Bonchev–Trinajstić information content (AvgIpc) is 3.26. The fourth-order valence-corrected chi connectivity index (χ4v) is 6.59. The standard InChI is InChI=1S/C43H64N12O6/c44-22-4-1-7-34(53-37(56)25-47)41(59)50-31-16-10-28(11-17-31)40(29-12-18-32(19-13-29)51-42(60)35(8-2-5-23-45)54-38(57)26-48)30-14-20-33(21-15-30)52-43(61)36(9-3-6-24-46)55-39(58)27-49/h10-21,34-36,40H,1-9,22-27,44-49H2,(H,50,59)(H,51,60)(H,52,61)(H,53,56)(H,54,57)(H,55,58)/t34-,35-,36-/m0/s1. The first-order chi connectivity index (χ1) is 29.5. The van der Waals surface area contributed by atoms with Crippen LogP contribution in [0.25, 0.3) is 0 Å². The first-order valence-electron chi connectivity index (χ1n) is 20.8. The second kappa shape index (κ2) is 27.2. The van der Waals surface area contributed by atoms with Crippen LogP contribution in [0.15, 0.2) is 72.8 Å². The van der Waals surface area contributed by atoms with Crippen LogP contribution in [0.4, 0.5) is 17.1 Å². The van der Waals surface area contributed by atoms with Gasteiger partial charge in [0.25, 0.3) is 0 Å². The summed E-state index contributed by atoms with van der Waals surface area (Å²) in [5.74, 6) is -2.82. The number of nitrogens with one attached hydrogen (secondary N) is 6. The molecule has 3 aromatic carbocycles. The van der Waals surface area contributed by atoms with Crippen molar-refractivity contribution in [1.29, 1.82) is 0 Å². The molecular formula is C43H64N12O6. The lowest BCUT2D eigenvalue weighted by molar-refractivity contribution is -0.125. The molecule has 61 heavy (non-hydrogen) atoms. The molecule has 0 spiro atoms. The zero-order valence-electron chi connectivity index (χ0n) is 34.8. The van der Waals surface area contributed by atoms with Gasteiger partial charge in [-0.1, -0.05) is 36.4 Å². The molecule has 332 valence electrons. The van der Waals surface area contributed by atoms with Crippen molar-refractivity contribution in [1.82, 2.24) is 16.0 Å². The highest BCUT2D eigenvalue weighted by Gasteiger charge is 2.24. The third-order valence-electron chi connectivity index (χ3n) is 9.89. The van der Waals surface area contributed by atoms with Gasteiger partial charge >= 0.3 is 0 Å². The first-order valence-corrected chi connectivity index (χ1v) is 20.8. The molecule has 3 aromatic rings. The maximum atomic E-state index is 13.3. The molecule has 3 rings (SSSR count). The van der Waals surface area contributed by atoms with Crippen molar-refractivity contribution in [2.24, 2.45) is 34.4 Å². The Kier molecular flexibility index (Phi) is 22.1. The molecular weight excluding hydrogens is 781 g/mol. The predicted molar refractivity (Wildman–Crippen MR) is 238 cm³/mol. The van der Waals surface area contributed by atoms with Gasteiger partial charge < -0.3 is 66.3 Å². The van der Waals surface area contributed by atoms with Crippen molar-refractivity contribution in [3.05, 3.63) is 89.5 Å². The Bertz CT molecular complexity index is 1630. The van der Waals surface area contributed by atoms with Crippen LogP contribution in [0.1, 0.15) is 80.4 Å². The Balaban J connectivity index is 1.93. The quantitative estimate of drug-likeness (QED) is 0.0367. The smallest absolute Gasteiger partial charge is 0.246 e. The number of carbonyl (C=O) groups excluding carboxylic acids is 6. The summed E-state index contributed by atoms with van der Waals surface area (Å²) in [5, 5.41) is 16.7. The van der Waals surface area contributed by atoms with Crippen molar-refractivity contribution >= 4 is 52.5 Å². The molecule has 6 amide bonds. The van der Waals surface area contributed by atoms with Crippen LogP contribution < -0.4 is 66.3 Å². The normalized spacial score (nSPS) is 12.4. The minimum atomic E-state index is -0.788. The molecule has 0 radical (unpaired) electrons. The maximum absolute atomic E-state index is 13.3. The minimum Gasteiger partial charge on any atom is -0.343 e. The predicted octanol–water partition coefficient (Wildman–Crippen LogP) is 0.400. The zero-order chi connectivity index (χ0) is 44.6. The van der Waals surface area contributed by atoms with Crippen LogP contribution in [0.2, 0.25) is 0 Å². The van der Waals surface area contributed by atoms with E-state index < -0.39 is 35.8 Å². The Morgan fingerprint density at radius 2 is 0.623 bits per heavy atom. The number of amides is 6. The molecule has 18 heteroatoms. The van der Waals surface area contributed by atoms with Gasteiger partial charge in [0.15, 0.2) is 0 Å². The molecule has 3 atom stereocenters. The van der Waals surface area contributed by atoms with Gasteiger partial charge in [-0.25, -0.2) is 0 Å². The van der Waals surface area contributed by atoms with E-state index in [1.807, 2.05) is 36.4 Å². The summed E-state index contributed by atoms with van der Waals surface area (Å²) in [5.41, 5.74) is 37.5. The van der Waals surface area contributed by atoms with Crippen LogP contribution in [-0.2, 0) is 28.8 Å². The summed E-state index contributed by atoms with van der Waals surface area (Å²) < 4.78 is 0. The molecule has 0 saturated heterocycles. The van der Waals surface area contributed by atoms with Gasteiger partial charge in [-0.3, -0.25) is 28.8 Å². The molecule has 0 aliphatic carbocycles. The molecule has 0 heterocycles. The highest BCUT2D eigenvalue weighted by molar-refractivity contribution is 5.99. The lowest BCUT2D eigenvalue weighted by Crippen LogP contribution is -2.46. The number of hydrogen-bond acceptors (Lipinski definition) is 12. The van der Waals surface area contributed by atoms with Crippen LogP contribution in [0, 0.1) is 0 Å². The average molecular weight is 845 g/mol. The Labute approximate surface area is 357 Å². The minimum absolute atomic E-state index is 0.247. The topological polar surface area (TPSA) is 331 Å². The number of carbonyl (C=O) groups is 6. The number of rotatable bonds is 27. The third-order valence-corrected chi connectivity index (χ3v) is 9.89. The Morgan fingerprint density at radius 3 is 0.836 bits per heavy atom. The molecule has 0 bridgehead atoms. The van der Waals surface area contributed by atoms with Gasteiger partial charge in [0.05, 0.1) is 19.6 Å². The van der Waals surface area contributed by atoms with Crippen LogP contribution in [-0.4, -0.2) is 92.8 Å². The number of nitrogens with two attached hydrogens (primary N) is 6. The molecule has 18 N–H and O–H groups in total. The van der Waals surface area contributed by atoms with E-state index in [-0.39, 0.29) is 43.3 Å². The van der Waals surface area contributed by atoms with E-state index in [1.165, 1.54) is 0 Å². The molecule has 0 unspecified atom stereocenters. The first kappa shape index (κ1) is 49.6. The van der Waals surface area contributed by atoms with Crippen LogP contribution in [0.5, 0.6) is 0 Å². The van der Waals surface area contributed by atoms with Gasteiger partial charge in [-0.15, -0.1) is 0 Å². The summed E-state index contributed by atoms with van der Waals surface area (Å²) in [6, 6.07) is 19.5. The van der Waals surface area contributed by atoms with E-state index in [0.29, 0.717) is 94.5 Å². The summed E-state index contributed by atoms with van der Waals surface area (Å²) in [6.07, 6.45) is 5.23. The number of benzene rings is 3. The second-order valence-electron chi connectivity index (χ2n) is 14.6. The van der Waals surface area contributed by atoms with Crippen LogP contribution in [0.3, 0.4) is 0 Å². The van der Waals surface area contributed by atoms with E-state index in [4.69, 9.17) is 34.4 Å². The van der Waals surface area contributed by atoms with Gasteiger partial charge in [0.2, 0.25) is 35.4 Å². The van der Waals surface area contributed by atoms with Crippen molar-refractivity contribution in [2.45, 2.75) is 81.8 Å². The van der Waals surface area contributed by atoms with E-state index in [9.17, 15) is 28.8 Å². The largest absolute Gasteiger partial charge is 0.343 e. The Morgan fingerprint density at radius 1 is 0.377 bits per heavy atom. The number of anilines is 3. The highest BCUT2D eigenvalue weighted by atomic mass is 16.2. The van der Waals surface area contributed by atoms with Gasteiger partial charge in [0.1, 0.15) is 18.1 Å². The lowest BCUT2D eigenvalue weighted by atomic mass is 9.85. The maximum Gasteiger partial charge on any atom is 0.246 e. The third kappa shape index (κ3) is 17.0. The molecule has 0 saturated carbocycles. The van der Waals surface area contributed by atoms with Crippen molar-refractivity contribution in [3.63, 3.8) is 0 Å². The molecule has 0 aromatic heterocycles. The van der Waals surface area contributed by atoms with E-state index in [1.54, 1.807) is 36.4 Å². The molecule has 0 aliphatic heterocycles. The van der Waals surface area contributed by atoms with Crippen molar-refractivity contribution < 1.29 is 28.8 Å². The fraction of sp³-hybridized carbons (Fsp3) is 0.442. The van der Waals surface area contributed by atoms with Gasteiger partial charge in [-0.2, -0.15) is 0 Å². The second-order valence-corrected chi connectivity index (χ2v) is 14.6. The van der Waals surface area contributed by atoms with Crippen molar-refractivity contribution in [3.8, 4) is 0 Å². The summed E-state index contributed by atoms with van der Waals surface area (Å²) >= 11 is 0. The summed E-state index contributed by atoms with van der Waals surface area (Å²) in [4.78, 5) is 76.0. The molecule has 0 fully saturated rings. The lowest BCUT2D eigenvalue weighted by Gasteiger charge is -2.22. The molecule has 0 aliphatic rings. The van der Waals surface area contributed by atoms with E-state index in [2.05, 4.69) is 31.9 Å². The monoisotopic (exact) mass is 845 g/mol. The zero-order valence-corrected chi connectivity index (χ0v) is 34.8. The van der Waals surface area contributed by atoms with Gasteiger partial charge in [0, 0.05) is 23.0 Å². The summed E-state index contributed by atoms with van der Waals surface area (Å²) in [7, 11) is 0. The molecule has 18 nitrogen and oxygen atoms in total. The Hall–Kier alpha value is -5.76. The fourth-order valence-electron chi connectivity index (χ4n) is 6.59. The van der Waals surface area contributed by atoms with Gasteiger partial charge in [-0.05, 0) is 131 Å². The summed E-state index contributed by atoms with van der Waals surface area (Å²) in [6.45, 7) is 0.653. The van der Waals surface area contributed by atoms with Crippen molar-refractivity contribution in [2.75, 3.05) is 55.2 Å².